The Morgan fingerprint density at radius 3 is 2.68 bits per heavy atom. The summed E-state index contributed by atoms with van der Waals surface area (Å²) in [5.41, 5.74) is 1.04. The van der Waals surface area contributed by atoms with Crippen LogP contribution in [0, 0.1) is 11.8 Å². The number of rotatable bonds is 8. The summed E-state index contributed by atoms with van der Waals surface area (Å²) in [6.45, 7) is 2.49. The van der Waals surface area contributed by atoms with Crippen molar-refractivity contribution >= 4 is 17.8 Å². The van der Waals surface area contributed by atoms with Gasteiger partial charge in [0.2, 0.25) is 17.8 Å². The van der Waals surface area contributed by atoms with Crippen molar-refractivity contribution in [3.63, 3.8) is 0 Å². The van der Waals surface area contributed by atoms with E-state index in [2.05, 4.69) is 20.7 Å². The van der Waals surface area contributed by atoms with Crippen molar-refractivity contribution in [1.29, 1.82) is 0 Å². The molecule has 0 spiro atoms. The number of benzene rings is 1. The number of nitrogens with one attached hydrogen (secondary N) is 2. The molecule has 0 radical (unpaired) electrons. The lowest BCUT2D eigenvalue weighted by Gasteiger charge is -2.23. The van der Waals surface area contributed by atoms with Crippen LogP contribution in [0.15, 0.2) is 36.7 Å². The molecule has 3 rings (SSSR count). The van der Waals surface area contributed by atoms with Crippen LogP contribution >= 0.6 is 0 Å². The standard InChI is InChI=1S/C21H29N5O2/c1-16(12-17-8-4-2-5-9-17)20(28)24-21-23-15-26(25-21)14-19(27)22-13-18-10-6-3-7-11-18/h3,6-7,10-11,15-17H,2,4-5,8-9,12-14H2,1H3,(H,22,27)(H,24,25,28). The zero-order valence-electron chi connectivity index (χ0n) is 16.4. The molecular weight excluding hydrogens is 354 g/mol. The molecule has 1 aliphatic carbocycles. The van der Waals surface area contributed by atoms with Gasteiger partial charge in [-0.3, -0.25) is 14.9 Å². The van der Waals surface area contributed by atoms with Crippen molar-refractivity contribution in [2.24, 2.45) is 11.8 Å². The summed E-state index contributed by atoms with van der Waals surface area (Å²) in [5, 5.41) is 9.80. The van der Waals surface area contributed by atoms with E-state index in [1.807, 2.05) is 37.3 Å². The van der Waals surface area contributed by atoms with Crippen LogP contribution in [-0.4, -0.2) is 26.6 Å². The van der Waals surface area contributed by atoms with Crippen molar-refractivity contribution in [3.05, 3.63) is 42.2 Å². The smallest absolute Gasteiger partial charge is 0.248 e. The highest BCUT2D eigenvalue weighted by molar-refractivity contribution is 5.90. The molecule has 1 aromatic carbocycles. The molecule has 1 heterocycles. The van der Waals surface area contributed by atoms with E-state index < -0.39 is 0 Å². The minimum Gasteiger partial charge on any atom is -0.350 e. The first-order valence-electron chi connectivity index (χ1n) is 10.1. The summed E-state index contributed by atoms with van der Waals surface area (Å²) in [5.74, 6) is 0.614. The number of amides is 2. The van der Waals surface area contributed by atoms with E-state index in [1.54, 1.807) is 0 Å². The van der Waals surface area contributed by atoms with E-state index in [4.69, 9.17) is 0 Å². The number of carbonyl (C=O) groups is 2. The summed E-state index contributed by atoms with van der Waals surface area (Å²) in [6, 6.07) is 9.72. The molecule has 1 atom stereocenters. The van der Waals surface area contributed by atoms with Crippen LogP contribution in [-0.2, 0) is 22.7 Å². The largest absolute Gasteiger partial charge is 0.350 e. The van der Waals surface area contributed by atoms with Crippen molar-refractivity contribution in [1.82, 2.24) is 20.1 Å². The van der Waals surface area contributed by atoms with Gasteiger partial charge in [-0.2, -0.15) is 0 Å². The lowest BCUT2D eigenvalue weighted by molar-refractivity contribution is -0.122. The van der Waals surface area contributed by atoms with Crippen LogP contribution in [0.2, 0.25) is 0 Å². The van der Waals surface area contributed by atoms with Crippen molar-refractivity contribution in [2.45, 2.75) is 58.5 Å². The minimum absolute atomic E-state index is 0.0585. The van der Waals surface area contributed by atoms with Gasteiger partial charge >= 0.3 is 0 Å². The Labute approximate surface area is 165 Å². The van der Waals surface area contributed by atoms with E-state index in [0.29, 0.717) is 12.5 Å². The monoisotopic (exact) mass is 383 g/mol. The maximum Gasteiger partial charge on any atom is 0.248 e. The van der Waals surface area contributed by atoms with E-state index in [1.165, 1.54) is 43.1 Å². The number of hydrogen-bond donors (Lipinski definition) is 2. The Kier molecular flexibility index (Phi) is 7.17. The average Bonchev–Trinajstić information content (AvgIpc) is 3.14. The summed E-state index contributed by atoms with van der Waals surface area (Å²) >= 11 is 0. The van der Waals surface area contributed by atoms with Gasteiger partial charge in [-0.15, -0.1) is 5.10 Å². The molecule has 0 bridgehead atoms. The quantitative estimate of drug-likeness (QED) is 0.733. The molecule has 1 fully saturated rings. The Hall–Kier alpha value is -2.70. The minimum atomic E-state index is -0.155. The molecule has 7 heteroatoms. The topological polar surface area (TPSA) is 88.9 Å². The lowest BCUT2D eigenvalue weighted by Crippen LogP contribution is -2.27. The number of nitrogens with zero attached hydrogens (tertiary/aromatic N) is 3. The summed E-state index contributed by atoms with van der Waals surface area (Å²) in [6.07, 6.45) is 8.69. The van der Waals surface area contributed by atoms with Gasteiger partial charge in [0.1, 0.15) is 12.9 Å². The summed E-state index contributed by atoms with van der Waals surface area (Å²) < 4.78 is 1.43. The molecule has 1 aromatic heterocycles. The number of anilines is 1. The molecule has 7 nitrogen and oxygen atoms in total. The summed E-state index contributed by atoms with van der Waals surface area (Å²) in [4.78, 5) is 28.6. The summed E-state index contributed by atoms with van der Waals surface area (Å²) in [7, 11) is 0. The van der Waals surface area contributed by atoms with Crippen molar-refractivity contribution in [3.8, 4) is 0 Å². The first-order chi connectivity index (χ1) is 13.6. The zero-order chi connectivity index (χ0) is 19.8. The molecule has 150 valence electrons. The molecule has 0 saturated heterocycles. The first-order valence-corrected chi connectivity index (χ1v) is 10.1. The fourth-order valence-electron chi connectivity index (χ4n) is 3.69. The molecular formula is C21H29N5O2. The molecule has 0 aliphatic heterocycles. The second kappa shape index (κ2) is 10.0. The fourth-order valence-corrected chi connectivity index (χ4v) is 3.69. The van der Waals surface area contributed by atoms with E-state index in [0.717, 1.165) is 12.0 Å². The van der Waals surface area contributed by atoms with Crippen LogP contribution in [0.5, 0.6) is 0 Å². The molecule has 2 N–H and O–H groups in total. The highest BCUT2D eigenvalue weighted by Gasteiger charge is 2.21. The predicted octanol–water partition coefficient (Wildman–Crippen LogP) is 3.14. The number of aromatic nitrogens is 3. The van der Waals surface area contributed by atoms with Gasteiger partial charge in [-0.05, 0) is 17.9 Å². The van der Waals surface area contributed by atoms with Crippen LogP contribution in [0.25, 0.3) is 0 Å². The Morgan fingerprint density at radius 2 is 1.93 bits per heavy atom. The second-order valence-corrected chi connectivity index (χ2v) is 7.66. The van der Waals surface area contributed by atoms with E-state index >= 15 is 0 Å². The molecule has 1 aliphatic rings. The van der Waals surface area contributed by atoms with Crippen molar-refractivity contribution in [2.75, 3.05) is 5.32 Å². The van der Waals surface area contributed by atoms with Gasteiger partial charge in [0.05, 0.1) is 0 Å². The number of hydrogen-bond acceptors (Lipinski definition) is 4. The molecule has 28 heavy (non-hydrogen) atoms. The highest BCUT2D eigenvalue weighted by atomic mass is 16.2. The predicted molar refractivity (Wildman–Crippen MR) is 107 cm³/mol. The molecule has 1 saturated carbocycles. The third-order valence-electron chi connectivity index (χ3n) is 5.27. The van der Waals surface area contributed by atoms with Gasteiger partial charge < -0.3 is 5.32 Å². The lowest BCUT2D eigenvalue weighted by atomic mass is 9.83. The van der Waals surface area contributed by atoms with Crippen LogP contribution in [0.1, 0.15) is 51.0 Å². The third kappa shape index (κ3) is 6.18. The Morgan fingerprint density at radius 1 is 1.18 bits per heavy atom. The van der Waals surface area contributed by atoms with E-state index in [9.17, 15) is 9.59 Å². The van der Waals surface area contributed by atoms with Crippen molar-refractivity contribution < 1.29 is 9.59 Å². The van der Waals surface area contributed by atoms with Crippen LogP contribution in [0.3, 0.4) is 0 Å². The van der Waals surface area contributed by atoms with Gasteiger partial charge in [-0.1, -0.05) is 69.4 Å². The Bertz CT molecular complexity index is 768. The zero-order valence-corrected chi connectivity index (χ0v) is 16.4. The van der Waals surface area contributed by atoms with Gasteiger partial charge in [-0.25, -0.2) is 9.67 Å². The maximum atomic E-state index is 12.4. The van der Waals surface area contributed by atoms with Crippen LogP contribution < -0.4 is 10.6 Å². The molecule has 2 aromatic rings. The normalized spacial score (nSPS) is 15.8. The first kappa shape index (κ1) is 20.0. The van der Waals surface area contributed by atoms with E-state index in [-0.39, 0.29) is 30.2 Å². The molecule has 1 unspecified atom stereocenters. The van der Waals surface area contributed by atoms with Gasteiger partial charge in [0.15, 0.2) is 0 Å². The number of carbonyl (C=O) groups excluding carboxylic acids is 2. The second-order valence-electron chi connectivity index (χ2n) is 7.66. The highest BCUT2D eigenvalue weighted by Crippen LogP contribution is 2.29. The average molecular weight is 383 g/mol. The SMILES string of the molecule is CC(CC1CCCCC1)C(=O)Nc1ncn(CC(=O)NCc2ccccc2)n1. The van der Waals surface area contributed by atoms with Gasteiger partial charge in [0.25, 0.3) is 0 Å². The molecule has 2 amide bonds. The van der Waals surface area contributed by atoms with Crippen LogP contribution in [0.4, 0.5) is 5.95 Å². The fraction of sp³-hybridized carbons (Fsp3) is 0.524. The van der Waals surface area contributed by atoms with Gasteiger partial charge in [0, 0.05) is 12.5 Å². The Balaban J connectivity index is 1.42. The third-order valence-corrected chi connectivity index (χ3v) is 5.27. The maximum absolute atomic E-state index is 12.4.